The van der Waals surface area contributed by atoms with Crippen molar-refractivity contribution in [2.45, 2.75) is 12.8 Å². The number of anilines is 3. The summed E-state index contributed by atoms with van der Waals surface area (Å²) in [5.74, 6) is -0.621. The lowest BCUT2D eigenvalue weighted by atomic mass is 10.1. The molecule has 0 aliphatic carbocycles. The monoisotopic (exact) mass is 341 g/mol. The van der Waals surface area contributed by atoms with Crippen LogP contribution in [-0.2, 0) is 16.8 Å². The molecule has 11 heteroatoms. The van der Waals surface area contributed by atoms with Crippen molar-refractivity contribution >= 4 is 28.2 Å². The van der Waals surface area contributed by atoms with Crippen molar-refractivity contribution < 1.29 is 22.0 Å². The molecule has 6 N–H and O–H groups in total. The van der Waals surface area contributed by atoms with Gasteiger partial charge in [-0.1, -0.05) is 40.3 Å². The predicted octanol–water partition coefficient (Wildman–Crippen LogP) is -0.795. The highest BCUT2D eigenvalue weighted by atomic mass is 32.3. The Morgan fingerprint density at radius 1 is 1.17 bits per heavy atom. The van der Waals surface area contributed by atoms with Crippen molar-refractivity contribution in [1.82, 2.24) is 9.97 Å². The van der Waals surface area contributed by atoms with Gasteiger partial charge in [-0.2, -0.15) is 8.42 Å². The number of nitrogens with zero attached hydrogens (tertiary/aromatic N) is 3. The maximum atomic E-state index is 10.7. The van der Waals surface area contributed by atoms with Gasteiger partial charge in [0.15, 0.2) is 0 Å². The Morgan fingerprint density at radius 3 is 2.35 bits per heavy atom. The highest BCUT2D eigenvalue weighted by Crippen LogP contribution is 2.05. The molecule has 1 aromatic carbocycles. The van der Waals surface area contributed by atoms with Gasteiger partial charge in [0.1, 0.15) is 0 Å². The first-order valence-corrected chi connectivity index (χ1v) is 8.02. The van der Waals surface area contributed by atoms with Gasteiger partial charge < -0.3 is 16.8 Å². The Hall–Kier alpha value is -2.66. The molecule has 1 heterocycles. The number of nitrogens with two attached hydrogens (primary N) is 2. The van der Waals surface area contributed by atoms with E-state index in [1.54, 1.807) is 0 Å². The Bertz CT molecular complexity index is 745. The SMILES string of the molecule is Nc1nc(NCCCc2ccccc2)nc(N)[n+]1OS(=O)(=O)O. The average molecular weight is 341 g/mol. The molecular formula is C12H17N6O4S+. The number of hydrogen-bond donors (Lipinski definition) is 4. The van der Waals surface area contributed by atoms with Crippen LogP contribution >= 0.6 is 0 Å². The van der Waals surface area contributed by atoms with Crippen molar-refractivity contribution in [2.75, 3.05) is 23.3 Å². The molecule has 2 aromatic rings. The second-order valence-corrected chi connectivity index (χ2v) is 5.58. The fraction of sp³-hybridized carbons (Fsp3) is 0.250. The standard InChI is InChI=1S/C12H16N6O4S/c13-10-16-12(17-11(14)18(10)22-23(19,20)21)15-8-4-7-9-5-2-1-3-6-9/h1-3,5-6H,4,7-8H2,(H5,13,14,15,16,17,19,20,21)/p+1. The van der Waals surface area contributed by atoms with E-state index in [-0.39, 0.29) is 17.8 Å². The van der Waals surface area contributed by atoms with Crippen LogP contribution in [0.3, 0.4) is 0 Å². The molecular weight excluding hydrogens is 324 g/mol. The van der Waals surface area contributed by atoms with E-state index in [1.165, 1.54) is 5.56 Å². The molecule has 0 fully saturated rings. The quantitative estimate of drug-likeness (QED) is 0.287. The molecule has 0 amide bonds. The first-order chi connectivity index (χ1) is 10.8. The predicted molar refractivity (Wildman–Crippen MR) is 82.4 cm³/mol. The van der Waals surface area contributed by atoms with E-state index in [4.69, 9.17) is 16.0 Å². The molecule has 0 spiro atoms. The number of hydrogen-bond acceptors (Lipinski definition) is 8. The van der Waals surface area contributed by atoms with Gasteiger partial charge >= 0.3 is 28.2 Å². The number of aryl methyl sites for hydroxylation is 1. The van der Waals surface area contributed by atoms with E-state index in [0.717, 1.165) is 12.8 Å². The molecule has 0 aliphatic heterocycles. The molecule has 1 aromatic heterocycles. The molecule has 2 rings (SSSR count). The van der Waals surface area contributed by atoms with E-state index in [2.05, 4.69) is 19.6 Å². The summed E-state index contributed by atoms with van der Waals surface area (Å²) in [6, 6.07) is 9.96. The van der Waals surface area contributed by atoms with E-state index in [9.17, 15) is 8.42 Å². The first kappa shape index (κ1) is 16.7. The minimum atomic E-state index is -4.78. The van der Waals surface area contributed by atoms with E-state index in [1.807, 2.05) is 30.3 Å². The summed E-state index contributed by atoms with van der Waals surface area (Å²) >= 11 is 0. The third-order valence-corrected chi connectivity index (χ3v) is 3.13. The topological polar surface area (TPSA) is 157 Å². The molecule has 23 heavy (non-hydrogen) atoms. The van der Waals surface area contributed by atoms with Crippen LogP contribution in [-0.4, -0.2) is 29.5 Å². The minimum absolute atomic E-state index is 0.128. The summed E-state index contributed by atoms with van der Waals surface area (Å²) in [6.45, 7) is 0.566. The molecule has 10 nitrogen and oxygen atoms in total. The van der Waals surface area contributed by atoms with E-state index < -0.39 is 10.4 Å². The zero-order valence-electron chi connectivity index (χ0n) is 12.1. The lowest BCUT2D eigenvalue weighted by molar-refractivity contribution is -0.836. The Morgan fingerprint density at radius 2 is 1.78 bits per heavy atom. The van der Waals surface area contributed by atoms with Gasteiger partial charge in [0.05, 0.1) is 0 Å². The zero-order valence-corrected chi connectivity index (χ0v) is 12.9. The van der Waals surface area contributed by atoms with Crippen molar-refractivity contribution in [3.05, 3.63) is 35.9 Å². The smallest absolute Gasteiger partial charge is 0.337 e. The highest BCUT2D eigenvalue weighted by Gasteiger charge is 2.21. The minimum Gasteiger partial charge on any atom is -0.337 e. The van der Waals surface area contributed by atoms with Crippen molar-refractivity contribution in [3.8, 4) is 0 Å². The van der Waals surface area contributed by atoms with Crippen LogP contribution in [0.15, 0.2) is 30.3 Å². The van der Waals surface area contributed by atoms with Gasteiger partial charge in [-0.15, -0.1) is 0 Å². The van der Waals surface area contributed by atoms with Gasteiger partial charge in [-0.25, -0.2) is 4.28 Å². The molecule has 0 radical (unpaired) electrons. The van der Waals surface area contributed by atoms with Crippen LogP contribution in [0.4, 0.5) is 17.8 Å². The van der Waals surface area contributed by atoms with Crippen LogP contribution < -0.4 is 25.8 Å². The summed E-state index contributed by atoms with van der Waals surface area (Å²) < 4.78 is 34.5. The molecule has 0 bridgehead atoms. The fourth-order valence-electron chi connectivity index (χ4n) is 1.84. The fourth-order valence-corrected chi connectivity index (χ4v) is 2.18. The average Bonchev–Trinajstić information content (AvgIpc) is 2.48. The van der Waals surface area contributed by atoms with Crippen LogP contribution in [0, 0.1) is 0 Å². The number of nitrogens with one attached hydrogen (secondary N) is 1. The molecule has 0 unspecified atom stereocenters. The van der Waals surface area contributed by atoms with Gasteiger partial charge in [0.25, 0.3) is 0 Å². The Kier molecular flexibility index (Phi) is 5.13. The van der Waals surface area contributed by atoms with Gasteiger partial charge in [-0.3, -0.25) is 4.55 Å². The Labute approximate surface area is 133 Å². The van der Waals surface area contributed by atoms with Crippen LogP contribution in [0.25, 0.3) is 0 Å². The lowest BCUT2D eigenvalue weighted by Gasteiger charge is -2.06. The van der Waals surface area contributed by atoms with Crippen molar-refractivity contribution in [2.24, 2.45) is 0 Å². The van der Waals surface area contributed by atoms with E-state index >= 15 is 0 Å². The molecule has 0 atom stereocenters. The molecule has 0 aliphatic rings. The number of aromatic nitrogens is 3. The maximum absolute atomic E-state index is 10.7. The molecule has 0 saturated heterocycles. The molecule has 0 saturated carbocycles. The van der Waals surface area contributed by atoms with Gasteiger partial charge in [0.2, 0.25) is 0 Å². The first-order valence-electron chi connectivity index (χ1n) is 6.65. The third kappa shape index (κ3) is 5.23. The largest absolute Gasteiger partial charge is 0.472 e. The summed E-state index contributed by atoms with van der Waals surface area (Å²) in [5.41, 5.74) is 12.2. The third-order valence-electron chi connectivity index (χ3n) is 2.79. The maximum Gasteiger partial charge on any atom is 0.472 e. The lowest BCUT2D eigenvalue weighted by Crippen LogP contribution is -2.51. The molecule has 124 valence electrons. The summed E-state index contributed by atoms with van der Waals surface area (Å²) in [6.07, 6.45) is 1.70. The van der Waals surface area contributed by atoms with Crippen LogP contribution in [0.2, 0.25) is 0 Å². The normalized spacial score (nSPS) is 11.2. The zero-order chi connectivity index (χ0) is 16.9. The van der Waals surface area contributed by atoms with Crippen LogP contribution in [0.5, 0.6) is 0 Å². The second-order valence-electron chi connectivity index (χ2n) is 4.58. The summed E-state index contributed by atoms with van der Waals surface area (Å²) in [4.78, 5) is 7.60. The van der Waals surface area contributed by atoms with Gasteiger partial charge in [-0.05, 0) is 23.1 Å². The number of rotatable bonds is 7. The van der Waals surface area contributed by atoms with Crippen molar-refractivity contribution in [3.63, 3.8) is 0 Å². The van der Waals surface area contributed by atoms with Gasteiger partial charge in [0, 0.05) is 6.54 Å². The summed E-state index contributed by atoms with van der Waals surface area (Å²) in [7, 11) is -4.78. The van der Waals surface area contributed by atoms with Crippen LogP contribution in [0.1, 0.15) is 12.0 Å². The second kappa shape index (κ2) is 7.07. The highest BCUT2D eigenvalue weighted by molar-refractivity contribution is 7.80. The van der Waals surface area contributed by atoms with E-state index in [0.29, 0.717) is 11.3 Å². The number of nitrogen functional groups attached to an aromatic ring is 2. The van der Waals surface area contributed by atoms with Crippen molar-refractivity contribution in [1.29, 1.82) is 0 Å². The Balaban J connectivity index is 1.93. The summed E-state index contributed by atoms with van der Waals surface area (Å²) in [5, 5.41) is 2.92. The number of benzene rings is 1.